The molecular formula is C62H76O30. The maximum Gasteiger partial charge on any atom is 0.337 e. The summed E-state index contributed by atoms with van der Waals surface area (Å²) in [6.45, 7) is 3.80. The highest BCUT2D eigenvalue weighted by Crippen LogP contribution is 2.37. The van der Waals surface area contributed by atoms with E-state index in [-0.39, 0.29) is 108 Å². The lowest BCUT2D eigenvalue weighted by Gasteiger charge is -2.41. The van der Waals surface area contributed by atoms with Crippen LogP contribution in [0.25, 0.3) is 0 Å². The van der Waals surface area contributed by atoms with Crippen LogP contribution in [0, 0.1) is 23.7 Å². The fourth-order valence-corrected chi connectivity index (χ4v) is 9.14. The van der Waals surface area contributed by atoms with Gasteiger partial charge in [-0.2, -0.15) is 0 Å². The van der Waals surface area contributed by atoms with Crippen molar-refractivity contribution in [2.45, 2.75) is 103 Å². The minimum atomic E-state index is -2.14. The van der Waals surface area contributed by atoms with Crippen LogP contribution in [0.4, 0.5) is 0 Å². The zero-order chi connectivity index (χ0) is 68.9. The number of carbonyl (C=O) groups is 8. The second-order valence-electron chi connectivity index (χ2n) is 20.0. The first kappa shape index (κ1) is 76.8. The van der Waals surface area contributed by atoms with Gasteiger partial charge in [0, 0.05) is 42.6 Å². The predicted octanol–water partition coefficient (Wildman–Crippen LogP) is 1.66. The molecule has 2 aliphatic rings. The quantitative estimate of drug-likeness (QED) is 0.00718. The summed E-state index contributed by atoms with van der Waals surface area (Å²) in [5.74, 6) is -11.8. The van der Waals surface area contributed by atoms with Crippen LogP contribution in [0.1, 0.15) is 56.7 Å². The lowest BCUT2D eigenvalue weighted by atomic mass is 9.83. The molecular weight excluding hydrogens is 1220 g/mol. The lowest BCUT2D eigenvalue weighted by molar-refractivity contribution is -0.327. The van der Waals surface area contributed by atoms with Gasteiger partial charge in [0.2, 0.25) is 6.29 Å². The van der Waals surface area contributed by atoms with E-state index in [2.05, 4.69) is 9.47 Å². The van der Waals surface area contributed by atoms with Crippen molar-refractivity contribution in [3.8, 4) is 34.5 Å². The summed E-state index contributed by atoms with van der Waals surface area (Å²) in [6.07, 6.45) is -5.08. The number of carboxylic acids is 1. The topological polar surface area (TPSA) is 494 Å². The highest BCUT2D eigenvalue weighted by molar-refractivity contribution is 5.93. The van der Waals surface area contributed by atoms with Crippen LogP contribution in [0.3, 0.4) is 0 Å². The Morgan fingerprint density at radius 1 is 0.630 bits per heavy atom. The largest absolute Gasteiger partial charge is 0.515 e. The molecule has 10 atom stereocenters. The number of ether oxygens (including phenoxy) is 8. The van der Waals surface area contributed by atoms with Gasteiger partial charge in [0.1, 0.15) is 42.9 Å². The zero-order valence-electron chi connectivity index (χ0n) is 50.5. The Balaban J connectivity index is 0.000000367. The minimum Gasteiger partial charge on any atom is -0.515 e. The number of aldehydes is 2. The van der Waals surface area contributed by atoms with E-state index in [0.717, 1.165) is 20.5 Å². The molecule has 2 heterocycles. The van der Waals surface area contributed by atoms with Gasteiger partial charge in [-0.15, -0.1) is 0 Å². The van der Waals surface area contributed by atoms with Crippen LogP contribution in [0.2, 0.25) is 0 Å². The zero-order valence-corrected chi connectivity index (χ0v) is 50.5. The molecule has 0 aliphatic carbocycles. The van der Waals surface area contributed by atoms with E-state index in [9.17, 15) is 110 Å². The van der Waals surface area contributed by atoms with Crippen molar-refractivity contribution < 1.29 is 148 Å². The molecule has 0 amide bonds. The van der Waals surface area contributed by atoms with Crippen molar-refractivity contribution in [2.75, 3.05) is 40.6 Å². The molecule has 0 aromatic heterocycles. The number of hydrogen-bond donors (Lipinski definition) is 14. The van der Waals surface area contributed by atoms with Crippen LogP contribution >= 0.6 is 0 Å². The number of carboxylic acid groups (broad SMARTS) is 1. The predicted molar refractivity (Wildman–Crippen MR) is 313 cm³/mol. The van der Waals surface area contributed by atoms with E-state index >= 15 is 0 Å². The molecule has 0 bridgehead atoms. The fourth-order valence-electron chi connectivity index (χ4n) is 9.14. The summed E-state index contributed by atoms with van der Waals surface area (Å²) < 4.78 is 40.8. The van der Waals surface area contributed by atoms with Crippen molar-refractivity contribution in [3.63, 3.8) is 0 Å². The monoisotopic (exact) mass is 1300 g/mol. The van der Waals surface area contributed by atoms with Crippen LogP contribution in [0.5, 0.6) is 34.5 Å². The average Bonchev–Trinajstić information content (AvgIpc) is 0.816. The van der Waals surface area contributed by atoms with Crippen molar-refractivity contribution in [1.82, 2.24) is 0 Å². The molecule has 30 heteroatoms. The van der Waals surface area contributed by atoms with Crippen LogP contribution < -0.4 is 0 Å². The van der Waals surface area contributed by atoms with Crippen molar-refractivity contribution in [3.05, 3.63) is 130 Å². The third-order valence-corrected chi connectivity index (χ3v) is 14.2. The molecule has 92 heavy (non-hydrogen) atoms. The normalized spacial score (nSPS) is 20.4. The number of benzene rings is 3. The van der Waals surface area contributed by atoms with Gasteiger partial charge in [-0.25, -0.2) is 9.59 Å². The second kappa shape index (κ2) is 38.3. The number of phenols is 6. The number of hydrogen-bond acceptors (Lipinski definition) is 29. The van der Waals surface area contributed by atoms with E-state index in [1.807, 2.05) is 0 Å². The molecule has 30 nitrogen and oxygen atoms in total. The van der Waals surface area contributed by atoms with Crippen molar-refractivity contribution in [1.29, 1.82) is 0 Å². The minimum absolute atomic E-state index is 0.0154. The summed E-state index contributed by atoms with van der Waals surface area (Å²) in [6, 6.07) is 12.6. The van der Waals surface area contributed by atoms with Crippen LogP contribution in [0.15, 0.2) is 113 Å². The molecule has 5 rings (SSSR count). The Morgan fingerprint density at radius 3 is 1.50 bits per heavy atom. The summed E-state index contributed by atoms with van der Waals surface area (Å²) in [4.78, 5) is 94.8. The van der Waals surface area contributed by atoms with E-state index in [0.29, 0.717) is 35.5 Å². The van der Waals surface area contributed by atoms with Gasteiger partial charge in [0.05, 0.1) is 83.6 Å². The molecule has 0 saturated carbocycles. The Morgan fingerprint density at radius 2 is 1.11 bits per heavy atom. The number of allylic oxidation sites excluding steroid dienone is 5. The molecule has 3 aromatic rings. The van der Waals surface area contributed by atoms with E-state index in [1.54, 1.807) is 32.0 Å². The molecule has 1 fully saturated rings. The number of aliphatic carboxylic acids is 1. The first-order valence-electron chi connectivity index (χ1n) is 28.0. The van der Waals surface area contributed by atoms with Crippen LogP contribution in [-0.4, -0.2) is 204 Å². The maximum atomic E-state index is 12.6. The summed E-state index contributed by atoms with van der Waals surface area (Å²) in [5.41, 5.74) is 1.73. The number of aliphatic hydroxyl groups excluding tert-OH is 6. The lowest BCUT2D eigenvalue weighted by Crippen LogP contribution is -2.60. The highest BCUT2D eigenvalue weighted by atomic mass is 16.8. The molecule has 2 aliphatic heterocycles. The molecule has 3 aromatic carbocycles. The number of carbonyl (C=O) groups excluding carboxylic acids is 7. The van der Waals surface area contributed by atoms with Gasteiger partial charge < -0.3 is 109 Å². The number of aromatic hydroxyl groups is 6. The molecule has 10 unspecified atom stereocenters. The Kier molecular flexibility index (Phi) is 32.0. The molecule has 1 saturated heterocycles. The average molecular weight is 1300 g/mol. The van der Waals surface area contributed by atoms with Crippen molar-refractivity contribution in [2.24, 2.45) is 23.7 Å². The molecule has 0 spiro atoms. The number of esters is 5. The van der Waals surface area contributed by atoms with Gasteiger partial charge in [0.15, 0.2) is 47.1 Å². The summed E-state index contributed by atoms with van der Waals surface area (Å²) in [7, 11) is 2.17. The highest BCUT2D eigenvalue weighted by Gasteiger charge is 2.47. The Labute approximate surface area is 525 Å². The summed E-state index contributed by atoms with van der Waals surface area (Å²) in [5, 5.41) is 134. The molecule has 14 N–H and O–H groups in total. The van der Waals surface area contributed by atoms with Gasteiger partial charge in [-0.3, -0.25) is 28.8 Å². The van der Waals surface area contributed by atoms with E-state index in [4.69, 9.17) is 28.4 Å². The Bertz CT molecular complexity index is 3160. The second-order valence-corrected chi connectivity index (χ2v) is 20.0. The number of aliphatic hydroxyl groups is 7. The van der Waals surface area contributed by atoms with E-state index in [1.165, 1.54) is 61.5 Å². The van der Waals surface area contributed by atoms with Gasteiger partial charge in [0.25, 0.3) is 0 Å². The SMILES string of the molecule is C/C=C(\C=O)C(CC(=O)OCCc1ccc(O)c(O)c1)/C(=C\O)C(=O)OC.C/C=C(\C=O)C(CC(=O)OCCc1ccc(O)c(O)c1)C(C(=O)OC)C(O)O.C/C=C1\C(OC2OC(CO)C(O)C(O)C2O)OC=C(C(=O)O)C1CC(=O)OCCc1ccc(O)c(O)c1. The van der Waals surface area contributed by atoms with E-state index < -0.39 is 122 Å². The number of rotatable bonds is 28. The number of methoxy groups -OCH3 is 2. The first-order chi connectivity index (χ1) is 43.7. The molecule has 0 radical (unpaired) electrons. The third-order valence-electron chi connectivity index (χ3n) is 14.2. The van der Waals surface area contributed by atoms with Crippen molar-refractivity contribution >= 4 is 48.4 Å². The van der Waals surface area contributed by atoms with Gasteiger partial charge in [-0.1, -0.05) is 36.4 Å². The third kappa shape index (κ3) is 22.5. The van der Waals surface area contributed by atoms with Gasteiger partial charge in [-0.05, 0) is 85.0 Å². The first-order valence-corrected chi connectivity index (χ1v) is 28.0. The Hall–Kier alpha value is -9.40. The maximum absolute atomic E-state index is 12.6. The standard InChI is InChI=1S/C24H30O13.C19H24O9.C19H22O8/c1-2-12-13(8-18(28)34-6-5-11-3-4-15(26)16(27)7-11)14(22(32)33)10-35-23(12)37-24-21(31)20(30)19(29)17(9-25)36-24;1-3-12(10-20)13(17(18(24)25)19(26)27-2)9-16(23)28-7-6-11-4-5-14(21)15(22)8-11;1-3-13(10-20)14(15(11-21)19(25)26-2)9-18(24)27-7-6-12-4-5-16(22)17(23)8-12/h2-4,7,10,13,17,19-21,23-27,29-31H,5-6,8-9H2,1H3,(H,32,33);3-5,8,10,13,17-18,21-22,24-25H,6-7,9H2,1-2H3;3-5,8,10-11,14,21-23H,6-7,9H2,1-2H3/b12-2-;12-3+;13-3+,15-11+. The summed E-state index contributed by atoms with van der Waals surface area (Å²) >= 11 is 0. The fraction of sp³-hybridized carbons (Fsp3) is 0.419. The molecule has 504 valence electrons. The number of phenolic OH excluding ortho intramolecular Hbond substituents is 6. The smallest absolute Gasteiger partial charge is 0.337 e. The van der Waals surface area contributed by atoms with Gasteiger partial charge >= 0.3 is 35.8 Å². The van der Waals surface area contributed by atoms with Crippen LogP contribution in [-0.2, 0) is 95.5 Å².